The minimum atomic E-state index is -0.382. The maximum atomic E-state index is 12.3. The number of thiol groups is 1. The van der Waals surface area contributed by atoms with Crippen LogP contribution in [0.25, 0.3) is 0 Å². The van der Waals surface area contributed by atoms with Crippen molar-refractivity contribution in [3.05, 3.63) is 70.8 Å². The van der Waals surface area contributed by atoms with Crippen molar-refractivity contribution in [3.63, 3.8) is 0 Å². The van der Waals surface area contributed by atoms with Gasteiger partial charge in [-0.2, -0.15) is 0 Å². The lowest BCUT2D eigenvalue weighted by molar-refractivity contribution is 0.102. The Labute approximate surface area is 111 Å². The van der Waals surface area contributed by atoms with Crippen LogP contribution in [0, 0.1) is 6.92 Å². The molecule has 0 bridgehead atoms. The van der Waals surface area contributed by atoms with Crippen molar-refractivity contribution >= 4 is 23.5 Å². The van der Waals surface area contributed by atoms with Gasteiger partial charge in [-0.05, 0) is 12.5 Å². The molecule has 0 spiro atoms. The second-order valence-corrected chi connectivity index (χ2v) is 4.40. The van der Waals surface area contributed by atoms with Crippen LogP contribution in [0.2, 0.25) is 0 Å². The fraction of sp³-hybridized carbons (Fsp3) is 0.0667. The van der Waals surface area contributed by atoms with E-state index in [1.54, 1.807) is 49.4 Å². The molecule has 18 heavy (non-hydrogen) atoms. The van der Waals surface area contributed by atoms with Crippen LogP contribution in [-0.4, -0.2) is 10.9 Å². The van der Waals surface area contributed by atoms with E-state index in [1.165, 1.54) is 0 Å². The van der Waals surface area contributed by atoms with Gasteiger partial charge in [-0.1, -0.05) is 48.5 Å². The quantitative estimate of drug-likeness (QED) is 0.675. The summed E-state index contributed by atoms with van der Waals surface area (Å²) in [6.45, 7) is 1.80. The number of hydrogen-bond acceptors (Lipinski definition) is 2. The summed E-state index contributed by atoms with van der Waals surface area (Å²) in [6, 6.07) is 14.1. The Bertz CT molecular complexity index is 603. The van der Waals surface area contributed by atoms with Gasteiger partial charge in [0.2, 0.25) is 5.12 Å². The van der Waals surface area contributed by atoms with E-state index in [1.807, 2.05) is 6.07 Å². The van der Waals surface area contributed by atoms with Gasteiger partial charge in [0.15, 0.2) is 5.78 Å². The summed E-state index contributed by atoms with van der Waals surface area (Å²) in [5.74, 6) is -0.156. The first-order chi connectivity index (χ1) is 8.61. The minimum absolute atomic E-state index is 0.156. The third kappa shape index (κ3) is 2.36. The number of rotatable bonds is 3. The van der Waals surface area contributed by atoms with Crippen LogP contribution in [0.3, 0.4) is 0 Å². The predicted octanol–water partition coefficient (Wildman–Crippen LogP) is 3.30. The van der Waals surface area contributed by atoms with Crippen molar-refractivity contribution in [2.75, 3.05) is 0 Å². The van der Waals surface area contributed by atoms with Gasteiger partial charge in [-0.3, -0.25) is 9.59 Å². The molecule has 0 aliphatic rings. The third-order valence-electron chi connectivity index (χ3n) is 2.77. The number of carbonyl (C=O) groups is 2. The molecule has 0 aromatic heterocycles. The molecule has 0 N–H and O–H groups in total. The van der Waals surface area contributed by atoms with E-state index in [4.69, 9.17) is 0 Å². The van der Waals surface area contributed by atoms with E-state index in [0.717, 1.165) is 5.56 Å². The van der Waals surface area contributed by atoms with E-state index >= 15 is 0 Å². The van der Waals surface area contributed by atoms with E-state index < -0.39 is 0 Å². The standard InChI is InChI=1S/C15H12O2S/c1-10-6-5-9-12(13(10)15(17)18)14(16)11-7-3-2-4-8-11/h2-9H,1H3,(H,17,18). The average Bonchev–Trinajstić information content (AvgIpc) is 2.38. The molecule has 0 amide bonds. The fourth-order valence-corrected chi connectivity index (χ4v) is 2.18. The summed E-state index contributed by atoms with van der Waals surface area (Å²) < 4.78 is 0. The molecule has 0 saturated heterocycles. The maximum absolute atomic E-state index is 12.3. The number of aryl methyl sites for hydroxylation is 1. The highest BCUT2D eigenvalue weighted by Gasteiger charge is 2.17. The Kier molecular flexibility index (Phi) is 3.63. The van der Waals surface area contributed by atoms with E-state index in [9.17, 15) is 9.59 Å². The lowest BCUT2D eigenvalue weighted by atomic mass is 9.96. The van der Waals surface area contributed by atoms with E-state index in [-0.39, 0.29) is 10.9 Å². The smallest absolute Gasteiger partial charge is 0.217 e. The van der Waals surface area contributed by atoms with Gasteiger partial charge in [0.25, 0.3) is 0 Å². The summed E-state index contributed by atoms with van der Waals surface area (Å²) in [5.41, 5.74) is 2.12. The van der Waals surface area contributed by atoms with Gasteiger partial charge in [0, 0.05) is 16.7 Å². The second kappa shape index (κ2) is 5.19. The van der Waals surface area contributed by atoms with E-state index in [0.29, 0.717) is 16.7 Å². The van der Waals surface area contributed by atoms with Gasteiger partial charge in [0.1, 0.15) is 0 Å². The van der Waals surface area contributed by atoms with Gasteiger partial charge >= 0.3 is 0 Å². The Morgan fingerprint density at radius 3 is 2.22 bits per heavy atom. The van der Waals surface area contributed by atoms with E-state index in [2.05, 4.69) is 12.6 Å². The Balaban J connectivity index is 2.56. The zero-order valence-electron chi connectivity index (χ0n) is 9.88. The van der Waals surface area contributed by atoms with Crippen molar-refractivity contribution in [3.8, 4) is 0 Å². The van der Waals surface area contributed by atoms with Crippen molar-refractivity contribution in [2.45, 2.75) is 6.92 Å². The monoisotopic (exact) mass is 256 g/mol. The molecule has 0 atom stereocenters. The highest BCUT2D eigenvalue weighted by Crippen LogP contribution is 2.19. The molecule has 0 heterocycles. The lowest BCUT2D eigenvalue weighted by Gasteiger charge is -2.08. The molecule has 0 aliphatic heterocycles. The summed E-state index contributed by atoms with van der Waals surface area (Å²) >= 11 is 3.84. The predicted molar refractivity (Wildman–Crippen MR) is 74.4 cm³/mol. The Morgan fingerprint density at radius 2 is 1.61 bits per heavy atom. The normalized spacial score (nSPS) is 10.1. The minimum Gasteiger partial charge on any atom is -0.289 e. The first kappa shape index (κ1) is 12.6. The number of benzene rings is 2. The highest BCUT2D eigenvalue weighted by atomic mass is 32.1. The lowest BCUT2D eigenvalue weighted by Crippen LogP contribution is -2.08. The zero-order valence-corrected chi connectivity index (χ0v) is 10.8. The van der Waals surface area contributed by atoms with Crippen LogP contribution in [0.15, 0.2) is 48.5 Å². The van der Waals surface area contributed by atoms with Crippen LogP contribution in [-0.2, 0) is 0 Å². The molecule has 2 rings (SSSR count). The van der Waals surface area contributed by atoms with Crippen LogP contribution >= 0.6 is 12.6 Å². The van der Waals surface area contributed by atoms with Gasteiger partial charge in [-0.25, -0.2) is 0 Å². The second-order valence-electron chi connectivity index (χ2n) is 4.00. The first-order valence-corrected chi connectivity index (χ1v) is 5.98. The molecular formula is C15H12O2S. The fourth-order valence-electron chi connectivity index (χ4n) is 1.89. The summed E-state index contributed by atoms with van der Waals surface area (Å²) in [7, 11) is 0. The topological polar surface area (TPSA) is 34.1 Å². The molecule has 0 aliphatic carbocycles. The molecule has 0 saturated carbocycles. The summed E-state index contributed by atoms with van der Waals surface area (Å²) in [5, 5.41) is -0.382. The molecule has 0 unspecified atom stereocenters. The summed E-state index contributed by atoms with van der Waals surface area (Å²) in [4.78, 5) is 23.9. The average molecular weight is 256 g/mol. The molecular weight excluding hydrogens is 244 g/mol. The number of carbonyl (C=O) groups excluding carboxylic acids is 2. The molecule has 2 aromatic rings. The van der Waals surface area contributed by atoms with Gasteiger partial charge in [0.05, 0.1) is 0 Å². The molecule has 90 valence electrons. The zero-order chi connectivity index (χ0) is 13.1. The van der Waals surface area contributed by atoms with Crippen molar-refractivity contribution in [2.24, 2.45) is 0 Å². The molecule has 2 aromatic carbocycles. The van der Waals surface area contributed by atoms with Crippen molar-refractivity contribution in [1.29, 1.82) is 0 Å². The molecule has 0 radical (unpaired) electrons. The highest BCUT2D eigenvalue weighted by molar-refractivity contribution is 7.97. The maximum Gasteiger partial charge on any atom is 0.217 e. The summed E-state index contributed by atoms with van der Waals surface area (Å²) in [6.07, 6.45) is 0. The van der Waals surface area contributed by atoms with Crippen LogP contribution < -0.4 is 0 Å². The Morgan fingerprint density at radius 1 is 0.944 bits per heavy atom. The van der Waals surface area contributed by atoms with Crippen LogP contribution in [0.5, 0.6) is 0 Å². The van der Waals surface area contributed by atoms with Gasteiger partial charge < -0.3 is 0 Å². The van der Waals surface area contributed by atoms with Crippen molar-refractivity contribution < 1.29 is 9.59 Å². The Hall–Kier alpha value is -1.87. The molecule has 3 heteroatoms. The van der Waals surface area contributed by atoms with Gasteiger partial charge in [-0.15, -0.1) is 12.6 Å². The number of hydrogen-bond donors (Lipinski definition) is 1. The first-order valence-electron chi connectivity index (χ1n) is 5.54. The van der Waals surface area contributed by atoms with Crippen LogP contribution in [0.1, 0.15) is 31.8 Å². The molecule has 0 fully saturated rings. The molecule has 2 nitrogen and oxygen atoms in total. The van der Waals surface area contributed by atoms with Crippen molar-refractivity contribution in [1.82, 2.24) is 0 Å². The third-order valence-corrected chi connectivity index (χ3v) is 2.99. The SMILES string of the molecule is Cc1cccc(C(=O)c2ccccc2)c1C(=O)S. The van der Waals surface area contributed by atoms with Crippen LogP contribution in [0.4, 0.5) is 0 Å². The number of ketones is 1. The largest absolute Gasteiger partial charge is 0.289 e.